The molecule has 0 aliphatic heterocycles. The monoisotopic (exact) mass is 160 g/mol. The molecule has 0 aliphatic carbocycles. The fourth-order valence-corrected chi connectivity index (χ4v) is 1.11. The standard InChI is InChI=1S/C9H8N2O/c12-9-3-1-2-8(11-9)7-4-5-10-6-7/h1-6,10H,(H,11,12). The number of rotatable bonds is 1. The van der Waals surface area contributed by atoms with Crippen LogP contribution in [0.3, 0.4) is 0 Å². The van der Waals surface area contributed by atoms with Crippen molar-refractivity contribution in [2.45, 2.75) is 0 Å². The number of aromatic nitrogens is 2. The lowest BCUT2D eigenvalue weighted by atomic mass is 10.2. The SMILES string of the molecule is O=c1cccc(-c2cc[nH]c2)[nH]1. The van der Waals surface area contributed by atoms with Gasteiger partial charge in [0.15, 0.2) is 0 Å². The van der Waals surface area contributed by atoms with E-state index in [1.54, 1.807) is 6.07 Å². The zero-order valence-electron chi connectivity index (χ0n) is 6.37. The predicted molar refractivity (Wildman–Crippen MR) is 46.8 cm³/mol. The van der Waals surface area contributed by atoms with Gasteiger partial charge in [0, 0.05) is 29.7 Å². The van der Waals surface area contributed by atoms with Crippen molar-refractivity contribution >= 4 is 0 Å². The van der Waals surface area contributed by atoms with Crippen LogP contribution in [0.15, 0.2) is 41.5 Å². The lowest BCUT2D eigenvalue weighted by Crippen LogP contribution is -2.02. The lowest BCUT2D eigenvalue weighted by Gasteiger charge is -1.94. The quantitative estimate of drug-likeness (QED) is 0.650. The van der Waals surface area contributed by atoms with Crippen molar-refractivity contribution in [1.82, 2.24) is 9.97 Å². The molecule has 0 atom stereocenters. The summed E-state index contributed by atoms with van der Waals surface area (Å²) in [4.78, 5) is 16.6. The minimum atomic E-state index is -0.0753. The van der Waals surface area contributed by atoms with E-state index in [4.69, 9.17) is 0 Å². The molecule has 3 heteroatoms. The Morgan fingerprint density at radius 3 is 2.75 bits per heavy atom. The van der Waals surface area contributed by atoms with Gasteiger partial charge in [-0.1, -0.05) is 6.07 Å². The average Bonchev–Trinajstić information content (AvgIpc) is 2.56. The first kappa shape index (κ1) is 6.91. The summed E-state index contributed by atoms with van der Waals surface area (Å²) in [6.07, 6.45) is 3.66. The third kappa shape index (κ3) is 1.16. The molecule has 2 rings (SSSR count). The zero-order chi connectivity index (χ0) is 8.39. The number of hydrogen-bond donors (Lipinski definition) is 2. The zero-order valence-corrected chi connectivity index (χ0v) is 6.37. The van der Waals surface area contributed by atoms with Gasteiger partial charge in [0.25, 0.3) is 0 Å². The molecule has 3 nitrogen and oxygen atoms in total. The van der Waals surface area contributed by atoms with E-state index in [9.17, 15) is 4.79 Å². The van der Waals surface area contributed by atoms with E-state index >= 15 is 0 Å². The van der Waals surface area contributed by atoms with Gasteiger partial charge in [0.1, 0.15) is 0 Å². The fraction of sp³-hybridized carbons (Fsp3) is 0. The molecule has 0 amide bonds. The summed E-state index contributed by atoms with van der Waals surface area (Å²) in [5.74, 6) is 0. The van der Waals surface area contributed by atoms with Gasteiger partial charge >= 0.3 is 0 Å². The second-order valence-electron chi connectivity index (χ2n) is 2.53. The van der Waals surface area contributed by atoms with Gasteiger partial charge in [0.2, 0.25) is 5.56 Å². The fourth-order valence-electron chi connectivity index (χ4n) is 1.11. The summed E-state index contributed by atoms with van der Waals surface area (Å²) in [6, 6.07) is 7.01. The van der Waals surface area contributed by atoms with Crippen LogP contribution in [0.2, 0.25) is 0 Å². The van der Waals surface area contributed by atoms with Gasteiger partial charge < -0.3 is 9.97 Å². The van der Waals surface area contributed by atoms with E-state index < -0.39 is 0 Å². The topological polar surface area (TPSA) is 48.6 Å². The third-order valence-electron chi connectivity index (χ3n) is 1.68. The first-order valence-electron chi connectivity index (χ1n) is 3.69. The van der Waals surface area contributed by atoms with Crippen LogP contribution in [0.4, 0.5) is 0 Å². The highest BCUT2D eigenvalue weighted by atomic mass is 16.1. The van der Waals surface area contributed by atoms with Crippen LogP contribution in [0.5, 0.6) is 0 Å². The van der Waals surface area contributed by atoms with Crippen LogP contribution in [0, 0.1) is 0 Å². The lowest BCUT2D eigenvalue weighted by molar-refractivity contribution is 1.24. The maximum Gasteiger partial charge on any atom is 0.248 e. The molecule has 0 spiro atoms. The van der Waals surface area contributed by atoms with Crippen LogP contribution in [0.25, 0.3) is 11.3 Å². The van der Waals surface area contributed by atoms with Crippen LogP contribution >= 0.6 is 0 Å². The average molecular weight is 160 g/mol. The Kier molecular flexibility index (Phi) is 1.55. The van der Waals surface area contributed by atoms with E-state index in [0.29, 0.717) is 0 Å². The van der Waals surface area contributed by atoms with Crippen molar-refractivity contribution in [2.24, 2.45) is 0 Å². The number of nitrogens with one attached hydrogen (secondary N) is 2. The maximum atomic E-state index is 10.9. The number of pyridine rings is 1. The smallest absolute Gasteiger partial charge is 0.248 e. The van der Waals surface area contributed by atoms with Crippen molar-refractivity contribution in [3.05, 3.63) is 47.0 Å². The normalized spacial score (nSPS) is 10.0. The molecule has 0 fully saturated rings. The number of H-pyrrole nitrogens is 2. The molecule has 0 saturated heterocycles. The van der Waals surface area contributed by atoms with Crippen LogP contribution in [0.1, 0.15) is 0 Å². The molecule has 2 heterocycles. The number of hydrogen-bond acceptors (Lipinski definition) is 1. The molecule has 0 aliphatic rings. The van der Waals surface area contributed by atoms with E-state index in [-0.39, 0.29) is 5.56 Å². The van der Waals surface area contributed by atoms with E-state index in [1.165, 1.54) is 6.07 Å². The minimum absolute atomic E-state index is 0.0753. The third-order valence-corrected chi connectivity index (χ3v) is 1.68. The van der Waals surface area contributed by atoms with Crippen molar-refractivity contribution in [1.29, 1.82) is 0 Å². The van der Waals surface area contributed by atoms with E-state index in [0.717, 1.165) is 11.3 Å². The number of aromatic amines is 2. The largest absolute Gasteiger partial charge is 0.367 e. The molecule has 2 aromatic heterocycles. The summed E-state index contributed by atoms with van der Waals surface area (Å²) in [5, 5.41) is 0. The van der Waals surface area contributed by atoms with Crippen molar-refractivity contribution in [2.75, 3.05) is 0 Å². The van der Waals surface area contributed by atoms with Crippen LogP contribution in [-0.2, 0) is 0 Å². The Bertz CT molecular complexity index is 414. The molecular weight excluding hydrogens is 152 g/mol. The van der Waals surface area contributed by atoms with Gasteiger partial charge in [-0.3, -0.25) is 4.79 Å². The molecule has 0 radical (unpaired) electrons. The molecule has 2 aromatic rings. The van der Waals surface area contributed by atoms with Crippen molar-refractivity contribution in [3.8, 4) is 11.3 Å². The molecule has 0 saturated carbocycles. The summed E-state index contributed by atoms with van der Waals surface area (Å²) in [7, 11) is 0. The first-order valence-corrected chi connectivity index (χ1v) is 3.69. The summed E-state index contributed by atoms with van der Waals surface area (Å²) >= 11 is 0. The first-order chi connectivity index (χ1) is 5.86. The van der Waals surface area contributed by atoms with Crippen molar-refractivity contribution in [3.63, 3.8) is 0 Å². The summed E-state index contributed by atoms with van der Waals surface area (Å²) in [6.45, 7) is 0. The highest BCUT2D eigenvalue weighted by molar-refractivity contribution is 5.57. The van der Waals surface area contributed by atoms with Gasteiger partial charge in [-0.15, -0.1) is 0 Å². The van der Waals surface area contributed by atoms with Crippen LogP contribution in [-0.4, -0.2) is 9.97 Å². The van der Waals surface area contributed by atoms with Gasteiger partial charge in [-0.2, -0.15) is 0 Å². The summed E-state index contributed by atoms with van der Waals surface area (Å²) in [5.41, 5.74) is 1.75. The second-order valence-corrected chi connectivity index (χ2v) is 2.53. The highest BCUT2D eigenvalue weighted by Crippen LogP contribution is 2.12. The second kappa shape index (κ2) is 2.70. The Labute approximate surface area is 69.1 Å². The molecular formula is C9H8N2O. The summed E-state index contributed by atoms with van der Waals surface area (Å²) < 4.78 is 0. The maximum absolute atomic E-state index is 10.9. The van der Waals surface area contributed by atoms with Gasteiger partial charge in [0.05, 0.1) is 0 Å². The highest BCUT2D eigenvalue weighted by Gasteiger charge is 1.95. The molecule has 0 unspecified atom stereocenters. The molecule has 12 heavy (non-hydrogen) atoms. The molecule has 0 aromatic carbocycles. The van der Waals surface area contributed by atoms with E-state index in [1.807, 2.05) is 24.5 Å². The van der Waals surface area contributed by atoms with Gasteiger partial charge in [-0.05, 0) is 12.1 Å². The predicted octanol–water partition coefficient (Wildman–Crippen LogP) is 1.37. The minimum Gasteiger partial charge on any atom is -0.367 e. The van der Waals surface area contributed by atoms with Gasteiger partial charge in [-0.25, -0.2) is 0 Å². The molecule has 60 valence electrons. The van der Waals surface area contributed by atoms with Crippen LogP contribution < -0.4 is 5.56 Å². The van der Waals surface area contributed by atoms with E-state index in [2.05, 4.69) is 9.97 Å². The molecule has 2 N–H and O–H groups in total. The molecule has 0 bridgehead atoms. The van der Waals surface area contributed by atoms with Crippen molar-refractivity contribution < 1.29 is 0 Å². The Hall–Kier alpha value is -1.77. The Balaban J connectivity index is 2.55. The Morgan fingerprint density at radius 1 is 1.17 bits per heavy atom. The Morgan fingerprint density at radius 2 is 2.08 bits per heavy atom.